The number of nitrogens with two attached hydrogens (primary N) is 2. The fraction of sp³-hybridized carbons (Fsp3) is 0.675. The van der Waals surface area contributed by atoms with E-state index in [2.05, 4.69) is 135 Å². The summed E-state index contributed by atoms with van der Waals surface area (Å²) in [5.74, 6) is 9.99. The van der Waals surface area contributed by atoms with Crippen LogP contribution in [0.5, 0.6) is 0 Å². The summed E-state index contributed by atoms with van der Waals surface area (Å²) in [6.07, 6.45) is 11.2. The number of phosphoric ester groups is 4. The number of carbonyl (C=O) groups excluding carboxylic acids is 3. The molecule has 70 heteroatoms. The Bertz CT molecular complexity index is 6050. The lowest BCUT2D eigenvalue weighted by Crippen LogP contribution is -2.45. The molecule has 6 aromatic heterocycles. The number of nitrogen functional groups attached to an aromatic ring is 2. The number of aromatic nitrogens is 13. The Morgan fingerprint density at radius 2 is 1.03 bits per heavy atom. The molecule has 4 aliphatic carbocycles. The summed E-state index contributed by atoms with van der Waals surface area (Å²) in [5, 5.41) is 41.7. The minimum absolute atomic E-state index is 0.0184. The number of aryl methyl sites for hydroxylation is 3. The number of carbonyl (C=O) groups is 3. The van der Waals surface area contributed by atoms with Crippen molar-refractivity contribution < 1.29 is 174 Å². The van der Waals surface area contributed by atoms with Gasteiger partial charge < -0.3 is 151 Å². The molecule has 5 aliphatic heterocycles. The molecule has 0 radical (unpaired) electrons. The van der Waals surface area contributed by atoms with Crippen molar-refractivity contribution in [3.8, 4) is 11.8 Å². The second kappa shape index (κ2) is 55.4. The maximum atomic E-state index is 11.9. The second-order valence-electron chi connectivity index (χ2n) is 33.2. The summed E-state index contributed by atoms with van der Waals surface area (Å²) in [6.45, 7) is 7.44. The molecule has 147 heavy (non-hydrogen) atoms. The minimum Gasteiger partial charge on any atom is -0.756 e. The number of amides is 4. The van der Waals surface area contributed by atoms with Gasteiger partial charge in [-0.1, -0.05) is 22.0 Å². The third-order valence-electron chi connectivity index (χ3n) is 24.1. The van der Waals surface area contributed by atoms with Crippen LogP contribution in [-0.2, 0) is 135 Å². The molecule has 0 aromatic carbocycles. The molecule has 816 valence electrons. The van der Waals surface area contributed by atoms with Crippen molar-refractivity contribution in [3.63, 3.8) is 0 Å². The molecule has 15 rings (SSSR count). The predicted molar refractivity (Wildman–Crippen MR) is 489 cm³/mol. The first-order chi connectivity index (χ1) is 69.8. The minimum atomic E-state index is -6.05. The van der Waals surface area contributed by atoms with E-state index in [9.17, 15) is 85.8 Å². The Morgan fingerprint density at radius 1 is 0.585 bits per heavy atom. The number of alkyl carbamates (subject to hydrolysis) is 2. The SMILES string of the molecule is C=C1NC(=O)N([C@H]2CC(OC)[C@@H](CO)O2)C=C1C.COC1C[C@H](n2cc(C)c(=O)[nH]c2=O)O[C@@H]1CO.COP(=O)([O-])OCCOCCNC(=O)OCC1[C@H]2CCC#CCC[C@@H]12.COP(=O)([O-])OCCOCCNC(=O)OC[C@@H]1[C@@H]2CCc3c(nnn3C)CC[C@@H]21.COP(=O)([O-])OC[C@H]1O[C@@H](n2cnc3c(N)ncnc32)C[C@H]1N=[N+]=[N-].[N-]=[N+]=N[C@@H]1C[C@H](n2cnc3c(N)ncnc32)O[C@@H]1COP(=O)([O-])OP(=O)([O-])OP(=O)([O-])O. The van der Waals surface area contributed by atoms with Gasteiger partial charge in [0.2, 0.25) is 0 Å². The van der Waals surface area contributed by atoms with Crippen LogP contribution in [0.1, 0.15) is 107 Å². The Labute approximate surface area is 836 Å². The van der Waals surface area contributed by atoms with Gasteiger partial charge in [-0.2, -0.15) is 0 Å². The quantitative estimate of drug-likeness (QED) is 0.00638. The van der Waals surface area contributed by atoms with Gasteiger partial charge in [0, 0.05) is 128 Å². The maximum Gasteiger partial charge on any atom is 0.407 e. The summed E-state index contributed by atoms with van der Waals surface area (Å²) in [4.78, 5) is 166. The molecule has 6 aromatic rings. The van der Waals surface area contributed by atoms with Crippen LogP contribution in [0.25, 0.3) is 43.2 Å². The Balaban J connectivity index is 0.000000183. The number of anilines is 2. The molecule has 0 bridgehead atoms. The van der Waals surface area contributed by atoms with E-state index < -0.39 is 138 Å². The molecule has 6 fully saturated rings. The Kier molecular flexibility index (Phi) is 44.9. The molecule has 4 saturated heterocycles. The van der Waals surface area contributed by atoms with Gasteiger partial charge in [0.15, 0.2) is 22.9 Å². The van der Waals surface area contributed by atoms with Crippen molar-refractivity contribution >= 4 is 99.1 Å². The molecular formula is C77H113N25O39P6-6. The number of nitrogens with zero attached hydrogens (tertiary/aromatic N) is 19. The number of aliphatic hydroxyl groups excluding tert-OH is 2. The number of aliphatic hydroxyl groups is 2. The highest BCUT2D eigenvalue weighted by molar-refractivity contribution is 7.65. The highest BCUT2D eigenvalue weighted by atomic mass is 31.3. The Hall–Kier alpha value is -9.67. The molecule has 0 spiro atoms. The number of ether oxygens (including phenoxy) is 10. The molecule has 64 nitrogen and oxygen atoms in total. The van der Waals surface area contributed by atoms with E-state index in [4.69, 9.17) is 84.4 Å². The van der Waals surface area contributed by atoms with Gasteiger partial charge in [-0.05, 0) is 105 Å². The maximum absolute atomic E-state index is 11.9. The van der Waals surface area contributed by atoms with Crippen molar-refractivity contribution in [1.29, 1.82) is 0 Å². The predicted octanol–water partition coefficient (Wildman–Crippen LogP) is 0.750. The molecule has 11 N–H and O–H groups in total. The summed E-state index contributed by atoms with van der Waals surface area (Å²) in [7, 11) is -22.4. The van der Waals surface area contributed by atoms with Gasteiger partial charge in [0.05, 0.1) is 140 Å². The Morgan fingerprint density at radius 3 is 1.50 bits per heavy atom. The third kappa shape index (κ3) is 35.5. The van der Waals surface area contributed by atoms with Crippen molar-refractivity contribution in [2.75, 3.05) is 139 Å². The fourth-order valence-electron chi connectivity index (χ4n) is 16.6. The largest absolute Gasteiger partial charge is 0.756 e. The molecule has 4 amide bonds. The zero-order valence-electron chi connectivity index (χ0n) is 80.3. The van der Waals surface area contributed by atoms with E-state index in [-0.39, 0.29) is 126 Å². The average Bonchev–Trinajstić information content (AvgIpc) is 1.61. The number of hydrogen-bond acceptors (Lipinski definition) is 50. The molecule has 11 heterocycles. The standard InChI is InChI=1S/C17H29N4O7P.C16H26NO7P.C12H18N2O4.C11H15N8O5P.C11H16N2O5.C10H15N8O11P3/c1-21-16-6-4-13-12(3-5-15(16)19-20-21)14(13)11-27-17(22)18-7-8-26-9-10-28-29(23,24)25-2;1-21-25(19,20)24-11-10-22-9-8-17-16(18)23-12-15-13-6-4-2-3-5-7-14(13)15;1-7-5-14(12(16)13-8(7)2)11-4-9(17-3)10(6-15)18-11;1-22-25(20,21)23-3-7-6(17-18-13)2-8(24-7)19-5-16-9-10(12)14-4-15-11(9)19;1-6-4-13(11(16)12-10(6)15)9-3-7(17-2)8(5-14)18-9;11-9-8-10(14-3-13-9)18(4-15-8)7-1-5(16-17-12)6(27-7)2-26-31(22,23)29-32(24,25)28-30(19,20)21/h12-14H,3-11H2,1-2H3,(H,18,22)(H,23,24);13-15H,4-12H2,1H3,(H,17,18)(H,19,20);5,9-11,15H,2,4,6H2,1,3H3,(H,13,16);4-8H,2-3H2,1H3,(H,20,21)(H2,12,14,15);4,7-9,14H,3,5H2,1-2H3,(H,12,15,16);3-7H,1-2H2,(H,22,23)(H,24,25)(H2,11,13,14)(H2,19,20,21)/p-6/t12-,13+,14-;13-,14+,15?;9?,10-,11-;6-,7-,8-;7?,8-,9-;5-,6-,7-/m0.1111/s1. The van der Waals surface area contributed by atoms with Gasteiger partial charge in [-0.3, -0.25) is 60.5 Å². The van der Waals surface area contributed by atoms with Crippen LogP contribution < -0.4 is 68.0 Å². The normalized spacial score (nSPS) is 27.1. The number of phosphoric acid groups is 6. The number of azide groups is 2. The van der Waals surface area contributed by atoms with Gasteiger partial charge >= 0.3 is 23.9 Å². The highest BCUT2D eigenvalue weighted by Gasteiger charge is 2.52. The number of hydrogen-bond donors (Lipinski definition) is 9. The van der Waals surface area contributed by atoms with E-state index in [0.717, 1.165) is 84.0 Å². The summed E-state index contributed by atoms with van der Waals surface area (Å²) >= 11 is 0. The number of nitrogens with one attached hydrogen (secondary N) is 4. The van der Waals surface area contributed by atoms with Crippen LogP contribution in [0.4, 0.5) is 26.0 Å². The van der Waals surface area contributed by atoms with Crippen LogP contribution in [0, 0.1) is 54.3 Å². The molecule has 24 atom stereocenters. The first kappa shape index (κ1) is 119. The topological polar surface area (TPSA) is 890 Å². The first-order valence-electron chi connectivity index (χ1n) is 45.0. The number of imidazole rings is 2. The van der Waals surface area contributed by atoms with Gasteiger partial charge in [0.1, 0.15) is 60.8 Å². The lowest BCUT2D eigenvalue weighted by atomic mass is 10.0. The molecule has 9 unspecified atom stereocenters. The zero-order valence-corrected chi connectivity index (χ0v) is 85.7. The summed E-state index contributed by atoms with van der Waals surface area (Å²) in [6, 6.07) is -1.89. The monoisotopic (exact) mass is 2200 g/mol. The van der Waals surface area contributed by atoms with Crippen LogP contribution >= 0.6 is 46.9 Å². The number of allylic oxidation sites excluding steroid dienone is 1. The number of fused-ring (bicyclic) bond motifs is 5. The number of aromatic amines is 1. The fourth-order valence-corrected chi connectivity index (χ4v) is 20.7. The lowest BCUT2D eigenvalue weighted by molar-refractivity contribution is -0.250. The third-order valence-corrected chi connectivity index (χ3v) is 30.6. The van der Waals surface area contributed by atoms with Crippen molar-refractivity contribution in [1.82, 2.24) is 84.4 Å². The van der Waals surface area contributed by atoms with E-state index in [0.29, 0.717) is 84.0 Å². The number of methoxy groups -OCH3 is 2. The lowest BCUT2D eigenvalue weighted by Gasteiger charge is -2.33. The highest BCUT2D eigenvalue weighted by Crippen LogP contribution is 2.62. The van der Waals surface area contributed by atoms with Gasteiger partial charge in [-0.15, -0.1) is 16.9 Å². The van der Waals surface area contributed by atoms with E-state index in [1.165, 1.54) is 58.3 Å². The average molecular weight is 2200 g/mol. The zero-order chi connectivity index (χ0) is 107. The smallest absolute Gasteiger partial charge is 0.407 e. The molecule has 9 aliphatic rings. The van der Waals surface area contributed by atoms with E-state index in [1.54, 1.807) is 24.8 Å². The van der Waals surface area contributed by atoms with Gasteiger partial charge in [-0.25, -0.2) is 57.7 Å². The van der Waals surface area contributed by atoms with E-state index >= 15 is 0 Å². The van der Waals surface area contributed by atoms with Crippen LogP contribution in [-0.4, -0.2) is 285 Å². The summed E-state index contributed by atoms with van der Waals surface area (Å²) in [5.41, 5.74) is 33.6. The number of H-pyrrole nitrogens is 1. The van der Waals surface area contributed by atoms with Crippen molar-refractivity contribution in [2.24, 2.45) is 52.8 Å². The number of urea groups is 1. The van der Waals surface area contributed by atoms with Crippen LogP contribution in [0.3, 0.4) is 0 Å². The van der Waals surface area contributed by atoms with Crippen LogP contribution in [0.2, 0.25) is 0 Å². The molecule has 2 saturated carbocycles. The van der Waals surface area contributed by atoms with Crippen molar-refractivity contribution in [3.05, 3.63) is 114 Å². The van der Waals surface area contributed by atoms with E-state index in [1.807, 2.05) is 18.7 Å². The van der Waals surface area contributed by atoms with Crippen LogP contribution in [0.15, 0.2) is 75.4 Å². The summed E-state index contributed by atoms with van der Waals surface area (Å²) < 4.78 is 164. The second-order valence-corrected chi connectivity index (χ2v) is 42.1. The van der Waals surface area contributed by atoms with Gasteiger partial charge in [0.25, 0.3) is 52.5 Å². The number of rotatable bonds is 41. The molecular weight excluding hydrogens is 2080 g/mol. The first-order valence-corrected chi connectivity index (χ1v) is 53.8. The van der Waals surface area contributed by atoms with Crippen molar-refractivity contribution in [2.45, 2.75) is 165 Å².